The predicted molar refractivity (Wildman–Crippen MR) is 91.4 cm³/mol. The Hall–Kier alpha value is -2.84. The van der Waals surface area contributed by atoms with Crippen LogP contribution >= 0.6 is 0 Å². The molecule has 1 saturated carbocycles. The lowest BCUT2D eigenvalue weighted by molar-refractivity contribution is -0.121. The van der Waals surface area contributed by atoms with Crippen LogP contribution in [0.15, 0.2) is 10.9 Å². The molecular formula is C17H21N7O2. The number of aromatic nitrogens is 6. The zero-order chi connectivity index (χ0) is 18.3. The molecule has 3 heterocycles. The van der Waals surface area contributed by atoms with Crippen molar-refractivity contribution in [3.8, 4) is 0 Å². The van der Waals surface area contributed by atoms with Crippen LogP contribution in [-0.4, -0.2) is 35.6 Å². The van der Waals surface area contributed by atoms with E-state index in [1.54, 1.807) is 4.52 Å². The Labute approximate surface area is 150 Å². The van der Waals surface area contributed by atoms with Gasteiger partial charge in [-0.05, 0) is 45.6 Å². The van der Waals surface area contributed by atoms with E-state index in [1.165, 1.54) is 6.33 Å². The van der Waals surface area contributed by atoms with Crippen LogP contribution in [0.1, 0.15) is 66.8 Å². The zero-order valence-electron chi connectivity index (χ0n) is 15.1. The highest BCUT2D eigenvalue weighted by molar-refractivity contribution is 5.76. The van der Waals surface area contributed by atoms with Crippen molar-refractivity contribution in [1.29, 1.82) is 0 Å². The third-order valence-corrected chi connectivity index (χ3v) is 4.74. The van der Waals surface area contributed by atoms with Gasteiger partial charge in [0.05, 0.1) is 0 Å². The maximum Gasteiger partial charge on any atom is 0.252 e. The molecule has 136 valence electrons. The lowest BCUT2D eigenvalue weighted by atomic mass is 10.1. The summed E-state index contributed by atoms with van der Waals surface area (Å²) in [7, 11) is 0. The summed E-state index contributed by atoms with van der Waals surface area (Å²) in [5, 5.41) is 11.1. The molecule has 0 saturated heterocycles. The number of carbonyl (C=O) groups is 1. The summed E-state index contributed by atoms with van der Waals surface area (Å²) in [6, 6.07) is -0.305. The number of amides is 1. The fraction of sp³-hybridized carbons (Fsp3) is 0.529. The summed E-state index contributed by atoms with van der Waals surface area (Å²) in [6.45, 7) is 5.74. The second-order valence-electron chi connectivity index (χ2n) is 6.79. The zero-order valence-corrected chi connectivity index (χ0v) is 15.1. The van der Waals surface area contributed by atoms with Crippen LogP contribution in [-0.2, 0) is 11.2 Å². The topological polar surface area (TPSA) is 111 Å². The minimum Gasteiger partial charge on any atom is -0.345 e. The van der Waals surface area contributed by atoms with Gasteiger partial charge in [0.2, 0.25) is 11.8 Å². The number of hydrogen-bond donors (Lipinski definition) is 1. The first kappa shape index (κ1) is 16.6. The molecule has 0 aliphatic heterocycles. The highest BCUT2D eigenvalue weighted by atomic mass is 16.5. The monoisotopic (exact) mass is 355 g/mol. The van der Waals surface area contributed by atoms with Crippen molar-refractivity contribution in [2.45, 2.75) is 58.4 Å². The van der Waals surface area contributed by atoms with Crippen LogP contribution in [0.5, 0.6) is 0 Å². The van der Waals surface area contributed by atoms with Gasteiger partial charge in [0.15, 0.2) is 5.82 Å². The van der Waals surface area contributed by atoms with Crippen LogP contribution in [0.25, 0.3) is 5.78 Å². The van der Waals surface area contributed by atoms with Gasteiger partial charge in [-0.15, -0.1) is 0 Å². The highest BCUT2D eigenvalue weighted by Crippen LogP contribution is 2.38. The molecule has 0 unspecified atom stereocenters. The molecule has 4 rings (SSSR count). The van der Waals surface area contributed by atoms with Crippen molar-refractivity contribution in [3.63, 3.8) is 0 Å². The van der Waals surface area contributed by atoms with Crippen LogP contribution in [0.4, 0.5) is 0 Å². The Bertz CT molecular complexity index is 957. The van der Waals surface area contributed by atoms with E-state index in [-0.39, 0.29) is 11.9 Å². The van der Waals surface area contributed by atoms with Gasteiger partial charge in [0, 0.05) is 23.7 Å². The number of nitrogens with zero attached hydrogens (tertiary/aromatic N) is 6. The van der Waals surface area contributed by atoms with E-state index in [9.17, 15) is 4.79 Å². The van der Waals surface area contributed by atoms with Crippen molar-refractivity contribution < 1.29 is 9.32 Å². The van der Waals surface area contributed by atoms with E-state index in [0.29, 0.717) is 30.4 Å². The summed E-state index contributed by atoms with van der Waals surface area (Å²) in [5.74, 6) is 2.14. The number of rotatable bonds is 6. The number of aryl methyl sites for hydroxylation is 2. The Kier molecular flexibility index (Phi) is 4.14. The largest absolute Gasteiger partial charge is 0.345 e. The van der Waals surface area contributed by atoms with E-state index in [0.717, 1.165) is 35.6 Å². The maximum absolute atomic E-state index is 12.3. The maximum atomic E-state index is 12.3. The molecule has 0 spiro atoms. The molecule has 26 heavy (non-hydrogen) atoms. The molecule has 0 bridgehead atoms. The van der Waals surface area contributed by atoms with Gasteiger partial charge in [-0.3, -0.25) is 4.79 Å². The van der Waals surface area contributed by atoms with Crippen molar-refractivity contribution in [2.24, 2.45) is 0 Å². The van der Waals surface area contributed by atoms with Gasteiger partial charge in [-0.2, -0.15) is 15.1 Å². The average Bonchev–Trinajstić information content (AvgIpc) is 3.14. The smallest absolute Gasteiger partial charge is 0.252 e. The molecule has 9 nitrogen and oxygen atoms in total. The summed E-state index contributed by atoms with van der Waals surface area (Å²) in [6.07, 6.45) is 4.63. The number of carbonyl (C=O) groups excluding carboxylic acids is 1. The first-order valence-electron chi connectivity index (χ1n) is 8.81. The number of fused-ring (bicyclic) bond motifs is 1. The Morgan fingerprint density at radius 1 is 1.38 bits per heavy atom. The molecule has 0 aromatic carbocycles. The molecular weight excluding hydrogens is 334 g/mol. The van der Waals surface area contributed by atoms with Crippen molar-refractivity contribution >= 4 is 11.7 Å². The normalized spacial score (nSPS) is 15.3. The minimum absolute atomic E-state index is 0.0684. The summed E-state index contributed by atoms with van der Waals surface area (Å²) < 4.78 is 6.96. The summed E-state index contributed by atoms with van der Waals surface area (Å²) in [4.78, 5) is 25.3. The average molecular weight is 355 g/mol. The fourth-order valence-corrected chi connectivity index (χ4v) is 3.06. The first-order chi connectivity index (χ1) is 12.5. The van der Waals surface area contributed by atoms with Crippen molar-refractivity contribution in [1.82, 2.24) is 35.0 Å². The lowest BCUT2D eigenvalue weighted by Crippen LogP contribution is -2.27. The second-order valence-corrected chi connectivity index (χ2v) is 6.79. The molecule has 1 atom stereocenters. The molecule has 3 aromatic heterocycles. The summed E-state index contributed by atoms with van der Waals surface area (Å²) >= 11 is 0. The van der Waals surface area contributed by atoms with Gasteiger partial charge in [-0.1, -0.05) is 5.16 Å². The molecule has 0 radical (unpaired) electrons. The van der Waals surface area contributed by atoms with Gasteiger partial charge >= 0.3 is 0 Å². The minimum atomic E-state index is -0.305. The SMILES string of the molecule is Cc1nc2ncnn2c(C)c1CCC(=O)N[C@H](C)c1nc(C2CC2)no1. The Balaban J connectivity index is 1.39. The van der Waals surface area contributed by atoms with Crippen LogP contribution in [0.3, 0.4) is 0 Å². The molecule has 9 heteroatoms. The third-order valence-electron chi connectivity index (χ3n) is 4.74. The number of hydrogen-bond acceptors (Lipinski definition) is 7. The Morgan fingerprint density at radius 2 is 2.19 bits per heavy atom. The molecule has 3 aromatic rings. The van der Waals surface area contributed by atoms with Crippen LogP contribution in [0, 0.1) is 13.8 Å². The van der Waals surface area contributed by atoms with Crippen molar-refractivity contribution in [3.05, 3.63) is 35.0 Å². The Morgan fingerprint density at radius 3 is 2.96 bits per heavy atom. The second kappa shape index (κ2) is 6.47. The lowest BCUT2D eigenvalue weighted by Gasteiger charge is -2.12. The van der Waals surface area contributed by atoms with Gasteiger partial charge < -0.3 is 9.84 Å². The van der Waals surface area contributed by atoms with E-state index in [4.69, 9.17) is 4.52 Å². The van der Waals surface area contributed by atoms with E-state index < -0.39 is 0 Å². The first-order valence-corrected chi connectivity index (χ1v) is 8.81. The molecule has 1 N–H and O–H groups in total. The molecule has 1 fully saturated rings. The predicted octanol–water partition coefficient (Wildman–Crippen LogP) is 1.81. The van der Waals surface area contributed by atoms with Crippen LogP contribution < -0.4 is 5.32 Å². The van der Waals surface area contributed by atoms with Gasteiger partial charge in [-0.25, -0.2) is 9.50 Å². The van der Waals surface area contributed by atoms with Gasteiger partial charge in [0.1, 0.15) is 12.4 Å². The molecule has 1 aliphatic carbocycles. The number of nitrogens with one attached hydrogen (secondary N) is 1. The standard InChI is InChI=1S/C17H21N7O2/c1-9-13(11(3)24-17(21-9)18-8-19-24)6-7-14(25)20-10(2)16-22-15(23-26-16)12-4-5-12/h8,10,12H,4-7H2,1-3H3,(H,20,25)/t10-/m1/s1. The third kappa shape index (κ3) is 3.16. The van der Waals surface area contributed by atoms with E-state index >= 15 is 0 Å². The van der Waals surface area contributed by atoms with Gasteiger partial charge in [0.25, 0.3) is 5.78 Å². The van der Waals surface area contributed by atoms with E-state index in [1.807, 2.05) is 20.8 Å². The van der Waals surface area contributed by atoms with E-state index in [2.05, 4.69) is 30.5 Å². The van der Waals surface area contributed by atoms with Crippen molar-refractivity contribution in [2.75, 3.05) is 0 Å². The quantitative estimate of drug-likeness (QED) is 0.718. The highest BCUT2D eigenvalue weighted by Gasteiger charge is 2.29. The summed E-state index contributed by atoms with van der Waals surface area (Å²) in [5.41, 5.74) is 2.84. The molecule has 1 aliphatic rings. The van der Waals surface area contributed by atoms with Crippen LogP contribution in [0.2, 0.25) is 0 Å². The molecule has 1 amide bonds. The fourth-order valence-electron chi connectivity index (χ4n) is 3.06.